The lowest BCUT2D eigenvalue weighted by atomic mass is 9.57. The molecule has 0 unspecified atom stereocenters. The highest BCUT2D eigenvalue weighted by Gasteiger charge is 2.47. The summed E-state index contributed by atoms with van der Waals surface area (Å²) in [6.07, 6.45) is 10.3. The highest BCUT2D eigenvalue weighted by Crippen LogP contribution is 2.51. The average molecular weight is 426 g/mol. The average Bonchev–Trinajstić information content (AvgIpc) is 2.76. The summed E-state index contributed by atoms with van der Waals surface area (Å²) in [7, 11) is 0. The van der Waals surface area contributed by atoms with Gasteiger partial charge in [0.05, 0.1) is 17.0 Å². The van der Waals surface area contributed by atoms with Crippen molar-refractivity contribution in [2.24, 2.45) is 11.7 Å². The predicted octanol–water partition coefficient (Wildman–Crippen LogP) is 4.58. The first-order valence-corrected chi connectivity index (χ1v) is 12.2. The number of carbonyl (C=O) groups excluding carboxylic acids is 1. The molecule has 0 saturated heterocycles. The lowest BCUT2D eigenvalue weighted by Crippen LogP contribution is -2.45. The Labute approximate surface area is 182 Å². The molecule has 2 aromatic rings. The Hall–Kier alpha value is -2.08. The van der Waals surface area contributed by atoms with Crippen molar-refractivity contribution in [1.82, 2.24) is 9.97 Å². The molecule has 2 aliphatic rings. The third-order valence-corrected chi connectivity index (χ3v) is 7.78. The topological polar surface area (TPSA) is 88.8 Å². The molecule has 160 valence electrons. The number of hydrogen-bond donors (Lipinski definition) is 2. The molecule has 1 heterocycles. The number of H-pyrrole nitrogens is 1. The Morgan fingerprint density at radius 2 is 2.03 bits per heavy atom. The number of nitrogens with one attached hydrogen (secondary N) is 1. The van der Waals surface area contributed by atoms with Crippen molar-refractivity contribution in [3.8, 4) is 11.3 Å². The maximum absolute atomic E-state index is 13.5. The molecular formula is C24H31N3O2S. The Morgan fingerprint density at radius 1 is 1.27 bits per heavy atom. The smallest absolute Gasteiger partial charge is 0.255 e. The quantitative estimate of drug-likeness (QED) is 0.502. The summed E-state index contributed by atoms with van der Waals surface area (Å²) in [4.78, 5) is 32.7. The van der Waals surface area contributed by atoms with Crippen LogP contribution in [0, 0.1) is 5.92 Å². The molecule has 0 bridgehead atoms. The van der Waals surface area contributed by atoms with Crippen molar-refractivity contribution in [2.75, 3.05) is 5.75 Å². The van der Waals surface area contributed by atoms with Crippen LogP contribution in [0.3, 0.4) is 0 Å². The first-order chi connectivity index (χ1) is 14.5. The van der Waals surface area contributed by atoms with Crippen LogP contribution in [0.15, 0.2) is 34.2 Å². The van der Waals surface area contributed by atoms with Gasteiger partial charge in [0.15, 0.2) is 5.16 Å². The standard InChI is InChI=1S/C24H31N3O2S/c1-2-3-13-24(17-10-5-4-6-11-17)14-16-9-7-8-12-18(16)21-20(24)22(29)27-23(26-21)30-15-19(25)28/h7-9,12,17H,2-6,10-11,13-15H2,1H3,(H2,25,28)(H,26,27,29)/t24-/m0/s1. The lowest BCUT2D eigenvalue weighted by Gasteiger charge is -2.46. The second kappa shape index (κ2) is 8.96. The van der Waals surface area contributed by atoms with Gasteiger partial charge in [0.25, 0.3) is 5.56 Å². The Balaban J connectivity index is 1.90. The molecule has 1 aromatic heterocycles. The van der Waals surface area contributed by atoms with Gasteiger partial charge in [0.1, 0.15) is 0 Å². The van der Waals surface area contributed by atoms with E-state index in [0.717, 1.165) is 42.5 Å². The summed E-state index contributed by atoms with van der Waals surface area (Å²) in [6, 6.07) is 8.38. The zero-order valence-electron chi connectivity index (χ0n) is 17.7. The number of hydrogen-bond acceptors (Lipinski definition) is 4. The summed E-state index contributed by atoms with van der Waals surface area (Å²) in [5.74, 6) is 0.199. The van der Waals surface area contributed by atoms with Gasteiger partial charge in [-0.1, -0.05) is 75.1 Å². The number of benzene rings is 1. The first kappa shape index (κ1) is 21.2. The van der Waals surface area contributed by atoms with Crippen LogP contribution in [0.2, 0.25) is 0 Å². The lowest BCUT2D eigenvalue weighted by molar-refractivity contribution is -0.115. The van der Waals surface area contributed by atoms with Gasteiger partial charge in [-0.15, -0.1) is 0 Å². The monoisotopic (exact) mass is 425 g/mol. The highest BCUT2D eigenvalue weighted by molar-refractivity contribution is 7.99. The van der Waals surface area contributed by atoms with Crippen LogP contribution in [0.5, 0.6) is 0 Å². The summed E-state index contributed by atoms with van der Waals surface area (Å²) < 4.78 is 0. The third kappa shape index (κ3) is 3.94. The second-order valence-corrected chi connectivity index (χ2v) is 9.74. The fraction of sp³-hybridized carbons (Fsp3) is 0.542. The molecule has 1 aromatic carbocycles. The number of aromatic nitrogens is 2. The van der Waals surface area contributed by atoms with Crippen molar-refractivity contribution in [3.05, 3.63) is 45.7 Å². The SMILES string of the molecule is CCCC[C@@]1(C2CCCCC2)Cc2ccccc2-c2nc(SCC(N)=O)[nH]c(=O)c21. The van der Waals surface area contributed by atoms with Crippen molar-refractivity contribution in [2.45, 2.75) is 75.3 Å². The van der Waals surface area contributed by atoms with Crippen molar-refractivity contribution in [3.63, 3.8) is 0 Å². The highest BCUT2D eigenvalue weighted by atomic mass is 32.2. The second-order valence-electron chi connectivity index (χ2n) is 8.78. The van der Waals surface area contributed by atoms with E-state index in [9.17, 15) is 9.59 Å². The van der Waals surface area contributed by atoms with Gasteiger partial charge in [-0.3, -0.25) is 9.59 Å². The molecule has 3 N–H and O–H groups in total. The maximum atomic E-state index is 13.5. The number of nitrogens with two attached hydrogens (primary N) is 1. The summed E-state index contributed by atoms with van der Waals surface area (Å²) in [6.45, 7) is 2.22. The van der Waals surface area contributed by atoms with Crippen molar-refractivity contribution >= 4 is 17.7 Å². The van der Waals surface area contributed by atoms with E-state index >= 15 is 0 Å². The first-order valence-electron chi connectivity index (χ1n) is 11.2. The normalized spacial score (nSPS) is 21.1. The van der Waals surface area contributed by atoms with E-state index in [1.165, 1.54) is 49.4 Å². The zero-order valence-corrected chi connectivity index (χ0v) is 18.5. The fourth-order valence-corrected chi connectivity index (χ4v) is 6.16. The molecular weight excluding hydrogens is 394 g/mol. The van der Waals surface area contributed by atoms with Gasteiger partial charge < -0.3 is 10.7 Å². The van der Waals surface area contributed by atoms with Gasteiger partial charge in [-0.2, -0.15) is 0 Å². The molecule has 1 saturated carbocycles. The van der Waals surface area contributed by atoms with Crippen LogP contribution in [0.1, 0.15) is 69.4 Å². The van der Waals surface area contributed by atoms with Gasteiger partial charge in [0, 0.05) is 11.0 Å². The zero-order chi connectivity index (χ0) is 21.1. The van der Waals surface area contributed by atoms with Gasteiger partial charge in [-0.05, 0) is 37.2 Å². The molecule has 5 nitrogen and oxygen atoms in total. The number of fused-ring (bicyclic) bond motifs is 3. The number of rotatable bonds is 7. The minimum atomic E-state index is -0.416. The summed E-state index contributed by atoms with van der Waals surface area (Å²) in [5.41, 5.74) is 9.15. The van der Waals surface area contributed by atoms with Crippen LogP contribution in [-0.4, -0.2) is 21.6 Å². The van der Waals surface area contributed by atoms with E-state index in [-0.39, 0.29) is 16.7 Å². The van der Waals surface area contributed by atoms with Crippen molar-refractivity contribution < 1.29 is 4.79 Å². The van der Waals surface area contributed by atoms with Gasteiger partial charge in [-0.25, -0.2) is 4.98 Å². The molecule has 1 amide bonds. The molecule has 1 atom stereocenters. The third-order valence-electron chi connectivity index (χ3n) is 6.89. The summed E-state index contributed by atoms with van der Waals surface area (Å²) in [5, 5.41) is 0.474. The Kier molecular flexibility index (Phi) is 6.32. The largest absolute Gasteiger partial charge is 0.369 e. The van der Waals surface area contributed by atoms with E-state index in [4.69, 9.17) is 10.7 Å². The van der Waals surface area contributed by atoms with Crippen LogP contribution >= 0.6 is 11.8 Å². The van der Waals surface area contributed by atoms with Crippen LogP contribution in [0.25, 0.3) is 11.3 Å². The van der Waals surface area contributed by atoms with E-state index in [2.05, 4.69) is 30.1 Å². The number of unbranched alkanes of at least 4 members (excludes halogenated alkanes) is 1. The van der Waals surface area contributed by atoms with Gasteiger partial charge in [0.2, 0.25) is 5.91 Å². The molecule has 0 radical (unpaired) electrons. The number of carbonyl (C=O) groups is 1. The van der Waals surface area contributed by atoms with E-state index in [0.29, 0.717) is 11.1 Å². The molecule has 2 aliphatic carbocycles. The molecule has 30 heavy (non-hydrogen) atoms. The minimum absolute atomic E-state index is 0.0387. The number of nitrogens with zero attached hydrogens (tertiary/aromatic N) is 1. The number of thioether (sulfide) groups is 1. The van der Waals surface area contributed by atoms with E-state index in [1.54, 1.807) is 0 Å². The maximum Gasteiger partial charge on any atom is 0.255 e. The number of primary amides is 1. The number of amides is 1. The van der Waals surface area contributed by atoms with E-state index in [1.807, 2.05) is 6.07 Å². The summed E-state index contributed by atoms with van der Waals surface area (Å²) >= 11 is 1.20. The number of aromatic amines is 1. The molecule has 6 heteroatoms. The van der Waals surface area contributed by atoms with Crippen LogP contribution in [-0.2, 0) is 16.6 Å². The Morgan fingerprint density at radius 3 is 2.77 bits per heavy atom. The fourth-order valence-electron chi connectivity index (χ4n) is 5.56. The molecule has 4 rings (SSSR count). The van der Waals surface area contributed by atoms with Crippen LogP contribution < -0.4 is 11.3 Å². The minimum Gasteiger partial charge on any atom is -0.369 e. The molecule has 0 spiro atoms. The molecule has 1 fully saturated rings. The van der Waals surface area contributed by atoms with Crippen molar-refractivity contribution in [1.29, 1.82) is 0 Å². The predicted molar refractivity (Wildman–Crippen MR) is 122 cm³/mol. The molecule has 0 aliphatic heterocycles. The Bertz CT molecular complexity index is 981. The van der Waals surface area contributed by atoms with Crippen LogP contribution in [0.4, 0.5) is 0 Å². The van der Waals surface area contributed by atoms with E-state index < -0.39 is 5.91 Å². The van der Waals surface area contributed by atoms with Gasteiger partial charge >= 0.3 is 0 Å².